The molecule has 0 spiro atoms. The lowest BCUT2D eigenvalue weighted by Crippen LogP contribution is -2.41. The molecular weight excluding hydrogens is 258 g/mol. The van der Waals surface area contributed by atoms with Crippen LogP contribution in [-0.4, -0.2) is 30.3 Å². The van der Waals surface area contributed by atoms with Crippen LogP contribution in [0.15, 0.2) is 10.5 Å². The largest absolute Gasteiger partial charge is 0.465 e. The molecule has 1 heterocycles. The number of carbonyl (C=O) groups is 1. The summed E-state index contributed by atoms with van der Waals surface area (Å²) >= 11 is 0. The number of carbonyl (C=O) groups excluding carboxylic acids is 1. The maximum Gasteiger partial charge on any atom is 0.341 e. The van der Waals surface area contributed by atoms with E-state index in [1.807, 2.05) is 0 Å². The summed E-state index contributed by atoms with van der Waals surface area (Å²) in [4.78, 5) is 11.5. The number of hydrogen-bond acceptors (Lipinski definition) is 5. The molecule has 5 nitrogen and oxygen atoms in total. The minimum Gasteiger partial charge on any atom is -0.465 e. The van der Waals surface area contributed by atoms with Crippen LogP contribution in [0.5, 0.6) is 0 Å². The van der Waals surface area contributed by atoms with Gasteiger partial charge in [0.1, 0.15) is 17.1 Å². The van der Waals surface area contributed by atoms with Gasteiger partial charge in [-0.05, 0) is 25.8 Å². The zero-order valence-corrected chi connectivity index (χ0v) is 12.2. The molecule has 0 bridgehead atoms. The fourth-order valence-corrected chi connectivity index (χ4v) is 2.75. The third kappa shape index (κ3) is 3.61. The fourth-order valence-electron chi connectivity index (χ4n) is 2.75. The number of nitrogens with one attached hydrogen (secondary N) is 1. The number of aliphatic hydroxyl groups is 1. The summed E-state index contributed by atoms with van der Waals surface area (Å²) in [5, 5.41) is 13.6. The lowest BCUT2D eigenvalue weighted by atomic mass is 9.85. The van der Waals surface area contributed by atoms with E-state index < -0.39 is 5.60 Å². The molecule has 1 fully saturated rings. The summed E-state index contributed by atoms with van der Waals surface area (Å²) < 4.78 is 10.2. The van der Waals surface area contributed by atoms with Crippen LogP contribution < -0.4 is 5.32 Å². The average Bonchev–Trinajstić information content (AvgIpc) is 2.79. The standard InChI is InChI=1S/C15H23NO4/c1-11-13(14(17)19-2)8-12(20-11)9-16-10-15(18)6-4-3-5-7-15/h8,16,18H,3-7,9-10H2,1-2H3. The van der Waals surface area contributed by atoms with Crippen molar-refractivity contribution in [2.24, 2.45) is 0 Å². The predicted octanol–water partition coefficient (Wildman–Crippen LogP) is 2.16. The van der Waals surface area contributed by atoms with Gasteiger partial charge in [-0.2, -0.15) is 0 Å². The van der Waals surface area contributed by atoms with Crippen molar-refractivity contribution in [2.45, 2.75) is 51.2 Å². The van der Waals surface area contributed by atoms with Crippen LogP contribution in [0.1, 0.15) is 54.0 Å². The molecule has 0 radical (unpaired) electrons. The topological polar surface area (TPSA) is 71.7 Å². The van der Waals surface area contributed by atoms with Gasteiger partial charge in [0.25, 0.3) is 0 Å². The van der Waals surface area contributed by atoms with Crippen molar-refractivity contribution in [3.63, 3.8) is 0 Å². The number of aryl methyl sites for hydroxylation is 1. The predicted molar refractivity (Wildman–Crippen MR) is 74.5 cm³/mol. The van der Waals surface area contributed by atoms with Gasteiger partial charge in [0.05, 0.1) is 19.3 Å². The van der Waals surface area contributed by atoms with Crippen LogP contribution in [-0.2, 0) is 11.3 Å². The van der Waals surface area contributed by atoms with Gasteiger partial charge in [-0.25, -0.2) is 4.79 Å². The highest BCUT2D eigenvalue weighted by atomic mass is 16.5. The van der Waals surface area contributed by atoms with Crippen LogP contribution in [0.3, 0.4) is 0 Å². The van der Waals surface area contributed by atoms with Gasteiger partial charge in [0.2, 0.25) is 0 Å². The molecular formula is C15H23NO4. The van der Waals surface area contributed by atoms with Crippen molar-refractivity contribution in [2.75, 3.05) is 13.7 Å². The molecule has 2 N–H and O–H groups in total. The molecule has 0 saturated heterocycles. The number of ether oxygens (including phenoxy) is 1. The van der Waals surface area contributed by atoms with E-state index in [0.29, 0.717) is 30.2 Å². The maximum atomic E-state index is 11.5. The molecule has 20 heavy (non-hydrogen) atoms. The number of methoxy groups -OCH3 is 1. The summed E-state index contributed by atoms with van der Waals surface area (Å²) in [5.41, 5.74) is -0.133. The molecule has 112 valence electrons. The number of furan rings is 1. The molecule has 1 aliphatic rings. The summed E-state index contributed by atoms with van der Waals surface area (Å²) in [5.74, 6) is 0.857. The van der Waals surface area contributed by atoms with Crippen LogP contribution in [0, 0.1) is 6.92 Å². The summed E-state index contributed by atoms with van der Waals surface area (Å²) in [6.45, 7) is 2.80. The van der Waals surface area contributed by atoms with Crippen LogP contribution in [0.25, 0.3) is 0 Å². The Morgan fingerprint density at radius 3 is 2.80 bits per heavy atom. The number of rotatable bonds is 5. The van der Waals surface area contributed by atoms with Crippen LogP contribution in [0.2, 0.25) is 0 Å². The Bertz CT molecular complexity index is 460. The van der Waals surface area contributed by atoms with Gasteiger partial charge >= 0.3 is 5.97 Å². The van der Waals surface area contributed by atoms with Crippen molar-refractivity contribution in [1.29, 1.82) is 0 Å². The van der Waals surface area contributed by atoms with Crippen LogP contribution >= 0.6 is 0 Å². The smallest absolute Gasteiger partial charge is 0.341 e. The van der Waals surface area contributed by atoms with E-state index in [0.717, 1.165) is 25.7 Å². The van der Waals surface area contributed by atoms with E-state index in [2.05, 4.69) is 10.1 Å². The lowest BCUT2D eigenvalue weighted by Gasteiger charge is -2.32. The van der Waals surface area contributed by atoms with Gasteiger partial charge in [-0.15, -0.1) is 0 Å². The second-order valence-electron chi connectivity index (χ2n) is 5.56. The first-order valence-corrected chi connectivity index (χ1v) is 7.15. The molecule has 1 saturated carbocycles. The molecule has 0 atom stereocenters. The molecule has 1 aliphatic carbocycles. The highest BCUT2D eigenvalue weighted by molar-refractivity contribution is 5.90. The lowest BCUT2D eigenvalue weighted by molar-refractivity contribution is 0.00437. The highest BCUT2D eigenvalue weighted by Gasteiger charge is 2.28. The van der Waals surface area contributed by atoms with E-state index in [9.17, 15) is 9.90 Å². The Balaban J connectivity index is 1.86. The highest BCUT2D eigenvalue weighted by Crippen LogP contribution is 2.27. The van der Waals surface area contributed by atoms with E-state index >= 15 is 0 Å². The molecule has 1 aromatic rings. The maximum absolute atomic E-state index is 11.5. The molecule has 0 unspecified atom stereocenters. The van der Waals surface area contributed by atoms with Gasteiger partial charge in [-0.3, -0.25) is 0 Å². The normalized spacial score (nSPS) is 17.9. The summed E-state index contributed by atoms with van der Waals surface area (Å²) in [7, 11) is 1.35. The average molecular weight is 281 g/mol. The first-order chi connectivity index (χ1) is 9.54. The van der Waals surface area contributed by atoms with Gasteiger partial charge in [0.15, 0.2) is 0 Å². The third-order valence-electron chi connectivity index (χ3n) is 3.91. The minimum atomic E-state index is -0.592. The molecule has 0 amide bonds. The van der Waals surface area contributed by atoms with E-state index in [1.54, 1.807) is 13.0 Å². The van der Waals surface area contributed by atoms with Gasteiger partial charge < -0.3 is 19.6 Å². The van der Waals surface area contributed by atoms with Crippen molar-refractivity contribution in [3.05, 3.63) is 23.2 Å². The van der Waals surface area contributed by atoms with E-state index in [1.165, 1.54) is 13.5 Å². The first kappa shape index (κ1) is 15.1. The molecule has 2 rings (SSSR count). The molecule has 1 aromatic heterocycles. The Morgan fingerprint density at radius 2 is 2.15 bits per heavy atom. The van der Waals surface area contributed by atoms with E-state index in [-0.39, 0.29) is 5.97 Å². The second kappa shape index (κ2) is 6.41. The van der Waals surface area contributed by atoms with Crippen molar-refractivity contribution in [3.8, 4) is 0 Å². The quantitative estimate of drug-likeness (QED) is 0.809. The zero-order valence-electron chi connectivity index (χ0n) is 12.2. The zero-order chi connectivity index (χ0) is 14.6. The van der Waals surface area contributed by atoms with E-state index in [4.69, 9.17) is 4.42 Å². The van der Waals surface area contributed by atoms with Gasteiger partial charge in [-0.1, -0.05) is 19.3 Å². The summed E-state index contributed by atoms with van der Waals surface area (Å²) in [6.07, 6.45) is 5.09. The van der Waals surface area contributed by atoms with Crippen LogP contribution in [0.4, 0.5) is 0 Å². The Morgan fingerprint density at radius 1 is 1.45 bits per heavy atom. The third-order valence-corrected chi connectivity index (χ3v) is 3.91. The Kier molecular flexibility index (Phi) is 4.83. The minimum absolute atomic E-state index is 0.386. The number of esters is 1. The number of hydrogen-bond donors (Lipinski definition) is 2. The fraction of sp³-hybridized carbons (Fsp3) is 0.667. The van der Waals surface area contributed by atoms with Crippen molar-refractivity contribution >= 4 is 5.97 Å². The second-order valence-corrected chi connectivity index (χ2v) is 5.56. The molecule has 5 heteroatoms. The first-order valence-electron chi connectivity index (χ1n) is 7.15. The molecule has 0 aliphatic heterocycles. The van der Waals surface area contributed by atoms with Crippen molar-refractivity contribution < 1.29 is 19.1 Å². The van der Waals surface area contributed by atoms with Crippen molar-refractivity contribution in [1.82, 2.24) is 5.32 Å². The summed E-state index contributed by atoms with van der Waals surface area (Å²) in [6, 6.07) is 1.69. The monoisotopic (exact) mass is 281 g/mol. The Hall–Kier alpha value is -1.33. The van der Waals surface area contributed by atoms with Gasteiger partial charge in [0, 0.05) is 6.54 Å². The Labute approximate surface area is 119 Å². The SMILES string of the molecule is COC(=O)c1cc(CNCC2(O)CCCCC2)oc1C. The molecule has 0 aromatic carbocycles.